The van der Waals surface area contributed by atoms with E-state index in [4.69, 9.17) is 10.7 Å². The van der Waals surface area contributed by atoms with Gasteiger partial charge in [-0.25, -0.2) is 4.98 Å². The molecule has 190 valence electrons. The van der Waals surface area contributed by atoms with Gasteiger partial charge in [0.25, 0.3) is 5.91 Å². The Kier molecular flexibility index (Phi) is 6.68. The SMILES string of the molecule is C[C@@H](O)C(=O)N1CCC(c2nc3c(-c4ccc(-c5ccccc5)nc4)cnn3c(N)c2C(=O)CO)CC1. The molecule has 0 unspecified atom stereocenters. The Bertz CT molecular complexity index is 1440. The number of nitrogens with zero attached hydrogens (tertiary/aromatic N) is 5. The third kappa shape index (κ3) is 4.56. The van der Waals surface area contributed by atoms with E-state index in [1.54, 1.807) is 17.3 Å². The number of nitrogen functional groups attached to an aromatic ring is 1. The number of benzene rings is 1. The van der Waals surface area contributed by atoms with Gasteiger partial charge in [0.05, 0.1) is 23.1 Å². The van der Waals surface area contributed by atoms with Gasteiger partial charge in [-0.2, -0.15) is 9.61 Å². The summed E-state index contributed by atoms with van der Waals surface area (Å²) in [6.07, 6.45) is 3.42. The van der Waals surface area contributed by atoms with Crippen molar-refractivity contribution in [2.24, 2.45) is 0 Å². The molecule has 1 saturated heterocycles. The Morgan fingerprint density at radius 1 is 1.08 bits per heavy atom. The second-order valence-electron chi connectivity index (χ2n) is 9.21. The normalized spacial score (nSPS) is 15.2. The maximum absolute atomic E-state index is 12.7. The lowest BCUT2D eigenvalue weighted by Crippen LogP contribution is -2.42. The van der Waals surface area contributed by atoms with E-state index >= 15 is 0 Å². The fraction of sp³-hybridized carbons (Fsp3) is 0.296. The summed E-state index contributed by atoms with van der Waals surface area (Å²) in [5.41, 5.74) is 10.9. The molecular weight excluding hydrogens is 472 g/mol. The molecule has 3 aromatic heterocycles. The highest BCUT2D eigenvalue weighted by Crippen LogP contribution is 2.35. The van der Waals surface area contributed by atoms with E-state index in [1.165, 1.54) is 11.4 Å². The first-order valence-electron chi connectivity index (χ1n) is 12.2. The molecule has 0 aliphatic carbocycles. The van der Waals surface area contributed by atoms with E-state index in [0.29, 0.717) is 42.8 Å². The number of carbonyl (C=O) groups is 2. The van der Waals surface area contributed by atoms with Crippen molar-refractivity contribution in [3.05, 3.63) is 66.1 Å². The summed E-state index contributed by atoms with van der Waals surface area (Å²) in [6.45, 7) is 1.59. The van der Waals surface area contributed by atoms with Gasteiger partial charge in [0.2, 0.25) is 0 Å². The number of nitrogens with two attached hydrogens (primary N) is 1. The number of anilines is 1. The number of aromatic nitrogens is 4. The molecule has 1 aliphatic heterocycles. The maximum Gasteiger partial charge on any atom is 0.251 e. The standard InChI is InChI=1S/C27H28N6O4/c1-16(35)27(37)32-11-9-18(10-12-32)24-23(22(36)15-34)25(28)33-26(31-24)20(14-30-33)19-7-8-21(29-13-19)17-5-3-2-4-6-17/h2-8,13-14,16,18,34-35H,9-12,15,28H2,1H3/t16-/m1/s1. The molecule has 4 heterocycles. The van der Waals surface area contributed by atoms with Gasteiger partial charge in [0.1, 0.15) is 18.5 Å². The maximum atomic E-state index is 12.7. The smallest absolute Gasteiger partial charge is 0.251 e. The highest BCUT2D eigenvalue weighted by atomic mass is 16.3. The van der Waals surface area contributed by atoms with E-state index in [2.05, 4.69) is 10.1 Å². The molecule has 1 atom stereocenters. The summed E-state index contributed by atoms with van der Waals surface area (Å²) >= 11 is 0. The predicted molar refractivity (Wildman–Crippen MR) is 138 cm³/mol. The Hall–Kier alpha value is -4.15. The van der Waals surface area contributed by atoms with Crippen LogP contribution in [0.1, 0.15) is 41.7 Å². The van der Waals surface area contributed by atoms with Crippen LogP contribution in [-0.2, 0) is 4.79 Å². The van der Waals surface area contributed by atoms with E-state index in [-0.39, 0.29) is 23.2 Å². The van der Waals surface area contributed by atoms with Gasteiger partial charge in [-0.1, -0.05) is 36.4 Å². The van der Waals surface area contributed by atoms with Gasteiger partial charge in [0.15, 0.2) is 11.4 Å². The van der Waals surface area contributed by atoms with Crippen LogP contribution in [0.25, 0.3) is 28.0 Å². The molecular formula is C27H28N6O4. The molecule has 0 saturated carbocycles. The number of aliphatic hydroxyl groups excluding tert-OH is 2. The lowest BCUT2D eigenvalue weighted by Gasteiger charge is -2.33. The molecule has 0 spiro atoms. The zero-order valence-corrected chi connectivity index (χ0v) is 20.4. The van der Waals surface area contributed by atoms with Crippen molar-refractivity contribution < 1.29 is 19.8 Å². The Morgan fingerprint density at radius 2 is 1.81 bits per heavy atom. The van der Waals surface area contributed by atoms with E-state index in [9.17, 15) is 19.8 Å². The van der Waals surface area contributed by atoms with Crippen molar-refractivity contribution in [1.29, 1.82) is 0 Å². The van der Waals surface area contributed by atoms with Crippen molar-refractivity contribution in [3.8, 4) is 22.4 Å². The summed E-state index contributed by atoms with van der Waals surface area (Å²) in [5.74, 6) is -0.897. The van der Waals surface area contributed by atoms with Crippen molar-refractivity contribution in [3.63, 3.8) is 0 Å². The minimum atomic E-state index is -1.07. The van der Waals surface area contributed by atoms with Crippen LogP contribution in [0.3, 0.4) is 0 Å². The fourth-order valence-electron chi connectivity index (χ4n) is 4.87. The van der Waals surface area contributed by atoms with Crippen LogP contribution in [-0.4, -0.2) is 72.2 Å². The largest absolute Gasteiger partial charge is 0.388 e. The lowest BCUT2D eigenvalue weighted by atomic mass is 9.89. The van der Waals surface area contributed by atoms with Crippen LogP contribution in [0.2, 0.25) is 0 Å². The molecule has 1 amide bonds. The predicted octanol–water partition coefficient (Wildman–Crippen LogP) is 2.30. The zero-order valence-electron chi connectivity index (χ0n) is 20.4. The summed E-state index contributed by atoms with van der Waals surface area (Å²) < 4.78 is 1.42. The molecule has 1 aliphatic rings. The zero-order chi connectivity index (χ0) is 26.1. The van der Waals surface area contributed by atoms with Gasteiger partial charge >= 0.3 is 0 Å². The quantitative estimate of drug-likeness (QED) is 0.342. The number of rotatable bonds is 6. The first kappa shape index (κ1) is 24.5. The molecule has 4 N–H and O–H groups in total. The van der Waals surface area contributed by atoms with Gasteiger partial charge in [-0.15, -0.1) is 0 Å². The highest BCUT2D eigenvalue weighted by Gasteiger charge is 2.31. The van der Waals surface area contributed by atoms with Crippen LogP contribution in [0, 0.1) is 0 Å². The van der Waals surface area contributed by atoms with Crippen molar-refractivity contribution in [2.75, 3.05) is 25.4 Å². The molecule has 4 aromatic rings. The summed E-state index contributed by atoms with van der Waals surface area (Å²) in [4.78, 5) is 36.0. The number of piperidine rings is 1. The number of ketones is 1. The molecule has 0 radical (unpaired) electrons. The number of amides is 1. The van der Waals surface area contributed by atoms with Gasteiger partial charge in [-0.05, 0) is 25.8 Å². The van der Waals surface area contributed by atoms with Crippen LogP contribution in [0.5, 0.6) is 0 Å². The number of carbonyl (C=O) groups excluding carboxylic acids is 2. The average Bonchev–Trinajstić information content (AvgIpc) is 3.37. The Balaban J connectivity index is 1.54. The molecule has 1 fully saturated rings. The monoisotopic (exact) mass is 500 g/mol. The highest BCUT2D eigenvalue weighted by molar-refractivity contribution is 6.02. The van der Waals surface area contributed by atoms with Gasteiger partial charge in [0, 0.05) is 41.9 Å². The first-order valence-corrected chi connectivity index (χ1v) is 12.2. The Morgan fingerprint density at radius 3 is 2.43 bits per heavy atom. The van der Waals surface area contributed by atoms with Crippen molar-refractivity contribution in [2.45, 2.75) is 31.8 Å². The topological polar surface area (TPSA) is 147 Å². The molecule has 37 heavy (non-hydrogen) atoms. The van der Waals surface area contributed by atoms with Crippen LogP contribution < -0.4 is 5.73 Å². The van der Waals surface area contributed by atoms with Crippen LogP contribution in [0.15, 0.2) is 54.9 Å². The minimum absolute atomic E-state index is 0.113. The van der Waals surface area contributed by atoms with E-state index < -0.39 is 18.5 Å². The van der Waals surface area contributed by atoms with E-state index in [0.717, 1.165) is 16.8 Å². The van der Waals surface area contributed by atoms with Gasteiger partial charge in [-0.3, -0.25) is 14.6 Å². The van der Waals surface area contributed by atoms with E-state index in [1.807, 2.05) is 42.5 Å². The number of hydrogen-bond donors (Lipinski definition) is 3. The van der Waals surface area contributed by atoms with Gasteiger partial charge < -0.3 is 20.8 Å². The third-order valence-corrected chi connectivity index (χ3v) is 6.83. The average molecular weight is 501 g/mol. The number of aliphatic hydroxyl groups is 2. The Labute approximate surface area is 213 Å². The fourth-order valence-corrected chi connectivity index (χ4v) is 4.87. The lowest BCUT2D eigenvalue weighted by molar-refractivity contribution is -0.140. The summed E-state index contributed by atoms with van der Waals surface area (Å²) in [7, 11) is 0. The second-order valence-corrected chi connectivity index (χ2v) is 9.21. The molecule has 5 rings (SSSR count). The molecule has 10 heteroatoms. The molecule has 10 nitrogen and oxygen atoms in total. The molecule has 0 bridgehead atoms. The molecule has 1 aromatic carbocycles. The van der Waals surface area contributed by atoms with Crippen LogP contribution in [0.4, 0.5) is 5.82 Å². The number of fused-ring (bicyclic) bond motifs is 1. The number of hydrogen-bond acceptors (Lipinski definition) is 8. The minimum Gasteiger partial charge on any atom is -0.388 e. The van der Waals surface area contributed by atoms with Crippen molar-refractivity contribution >= 4 is 23.2 Å². The number of Topliss-reactive ketones (excluding diaryl/α,β-unsaturated/α-hetero) is 1. The third-order valence-electron chi connectivity index (χ3n) is 6.83. The number of pyridine rings is 1. The first-order chi connectivity index (χ1) is 17.9. The second kappa shape index (κ2) is 10.1. The summed E-state index contributed by atoms with van der Waals surface area (Å²) in [5, 5.41) is 23.7. The summed E-state index contributed by atoms with van der Waals surface area (Å²) in [6, 6.07) is 13.7. The van der Waals surface area contributed by atoms with Crippen molar-refractivity contribution in [1.82, 2.24) is 24.5 Å². The number of likely N-dealkylation sites (tertiary alicyclic amines) is 1. The van der Waals surface area contributed by atoms with Crippen LogP contribution >= 0.6 is 0 Å².